The van der Waals surface area contributed by atoms with Crippen molar-refractivity contribution in [3.05, 3.63) is 22.8 Å². The normalized spacial score (nSPS) is 24.3. The van der Waals surface area contributed by atoms with Crippen LogP contribution in [0.1, 0.15) is 40.9 Å². The van der Waals surface area contributed by atoms with Crippen LogP contribution >= 0.6 is 11.3 Å². The fourth-order valence-electron chi connectivity index (χ4n) is 4.03. The molecule has 0 spiro atoms. The number of thiophene rings is 1. The number of aliphatic hydroxyl groups is 1. The van der Waals surface area contributed by atoms with E-state index in [4.69, 9.17) is 0 Å². The van der Waals surface area contributed by atoms with E-state index in [0.717, 1.165) is 59.7 Å². The molecule has 0 aromatic carbocycles. The number of aromatic nitrogens is 2. The van der Waals surface area contributed by atoms with Crippen LogP contribution in [0.3, 0.4) is 0 Å². The van der Waals surface area contributed by atoms with E-state index >= 15 is 0 Å². The van der Waals surface area contributed by atoms with E-state index in [1.807, 2.05) is 12.4 Å². The molecule has 24 heavy (non-hydrogen) atoms. The van der Waals surface area contributed by atoms with E-state index in [1.54, 1.807) is 11.3 Å². The van der Waals surface area contributed by atoms with Crippen LogP contribution in [0, 0.1) is 0 Å². The van der Waals surface area contributed by atoms with Gasteiger partial charge in [-0.15, -0.1) is 11.3 Å². The van der Waals surface area contributed by atoms with Crippen LogP contribution in [0.15, 0.2) is 12.4 Å². The monoisotopic (exact) mass is 344 g/mol. The molecule has 5 rings (SSSR count). The van der Waals surface area contributed by atoms with E-state index in [0.29, 0.717) is 6.54 Å². The van der Waals surface area contributed by atoms with Crippen molar-refractivity contribution in [3.8, 4) is 10.4 Å². The molecule has 2 aromatic rings. The van der Waals surface area contributed by atoms with Gasteiger partial charge in [0, 0.05) is 35.8 Å². The molecule has 1 amide bonds. The first-order chi connectivity index (χ1) is 11.6. The Hall–Kier alpha value is -1.86. The Kier molecular flexibility index (Phi) is 3.06. The van der Waals surface area contributed by atoms with Crippen molar-refractivity contribution in [1.82, 2.24) is 15.5 Å². The Labute approximate surface area is 143 Å². The van der Waals surface area contributed by atoms with Crippen molar-refractivity contribution in [2.45, 2.75) is 43.7 Å². The van der Waals surface area contributed by atoms with Gasteiger partial charge in [-0.25, -0.2) is 0 Å². The predicted molar refractivity (Wildman–Crippen MR) is 92.5 cm³/mol. The SMILES string of the molecule is O=C1NC[C@@H](CC2(O)CC2)N2CCCc3c(-c4cn[nH]c4)sc1c32. The molecule has 1 saturated carbocycles. The summed E-state index contributed by atoms with van der Waals surface area (Å²) in [5.41, 5.74) is 2.91. The molecule has 126 valence electrons. The average Bonchev–Trinajstić information content (AvgIpc) is 3.02. The Morgan fingerprint density at radius 2 is 2.29 bits per heavy atom. The lowest BCUT2D eigenvalue weighted by Gasteiger charge is -2.37. The van der Waals surface area contributed by atoms with Crippen molar-refractivity contribution in [2.24, 2.45) is 0 Å². The fourth-order valence-corrected chi connectivity index (χ4v) is 5.29. The number of carbonyl (C=O) groups excluding carboxylic acids is 1. The quantitative estimate of drug-likeness (QED) is 0.795. The van der Waals surface area contributed by atoms with E-state index in [2.05, 4.69) is 20.4 Å². The number of carbonyl (C=O) groups is 1. The van der Waals surface area contributed by atoms with Crippen LogP contribution in [-0.4, -0.2) is 45.9 Å². The Morgan fingerprint density at radius 3 is 3.04 bits per heavy atom. The molecule has 1 fully saturated rings. The van der Waals surface area contributed by atoms with Crippen molar-refractivity contribution in [3.63, 3.8) is 0 Å². The van der Waals surface area contributed by atoms with Crippen molar-refractivity contribution < 1.29 is 9.90 Å². The van der Waals surface area contributed by atoms with Crippen LogP contribution < -0.4 is 10.2 Å². The van der Waals surface area contributed by atoms with Gasteiger partial charge in [0.05, 0.1) is 17.5 Å². The minimum absolute atomic E-state index is 0.0168. The summed E-state index contributed by atoms with van der Waals surface area (Å²) in [4.78, 5) is 17.0. The third kappa shape index (κ3) is 2.18. The summed E-state index contributed by atoms with van der Waals surface area (Å²) in [5.74, 6) is 0.0168. The lowest BCUT2D eigenvalue weighted by atomic mass is 9.97. The maximum absolute atomic E-state index is 12.6. The van der Waals surface area contributed by atoms with E-state index < -0.39 is 5.60 Å². The number of H-pyrrole nitrogens is 1. The van der Waals surface area contributed by atoms with E-state index in [9.17, 15) is 9.90 Å². The second-order valence-corrected chi connectivity index (χ2v) is 8.18. The molecule has 4 heterocycles. The maximum Gasteiger partial charge on any atom is 0.263 e. The number of nitrogens with one attached hydrogen (secondary N) is 2. The second kappa shape index (κ2) is 5.07. The summed E-state index contributed by atoms with van der Waals surface area (Å²) in [6.45, 7) is 1.57. The minimum Gasteiger partial charge on any atom is -0.390 e. The lowest BCUT2D eigenvalue weighted by Crippen LogP contribution is -2.45. The number of hydrogen-bond donors (Lipinski definition) is 3. The highest BCUT2D eigenvalue weighted by Gasteiger charge is 2.45. The molecule has 0 bridgehead atoms. The van der Waals surface area contributed by atoms with Gasteiger partial charge in [-0.2, -0.15) is 5.10 Å². The standard InChI is InChI=1S/C17H20N4O2S/c22-16-15-13-12(14(24-15)10-7-19-20-8-10)2-1-5-21(13)11(9-18-16)6-17(23)3-4-17/h7-8,11,23H,1-6,9H2,(H,18,22)(H,19,20)/t11-/m1/s1. The first-order valence-corrected chi connectivity index (χ1v) is 9.38. The largest absolute Gasteiger partial charge is 0.390 e. The molecule has 1 aliphatic carbocycles. The lowest BCUT2D eigenvalue weighted by molar-refractivity contribution is 0.0948. The molecule has 2 aromatic heterocycles. The van der Waals surface area contributed by atoms with Crippen molar-refractivity contribution >= 4 is 22.9 Å². The zero-order valence-electron chi connectivity index (χ0n) is 13.3. The topological polar surface area (TPSA) is 81.2 Å². The summed E-state index contributed by atoms with van der Waals surface area (Å²) in [6.07, 6.45) is 8.29. The first kappa shape index (κ1) is 14.5. The smallest absolute Gasteiger partial charge is 0.263 e. The number of aromatic amines is 1. The molecular formula is C17H20N4O2S. The zero-order chi connectivity index (χ0) is 16.3. The summed E-state index contributed by atoms with van der Waals surface area (Å²) < 4.78 is 0. The number of hydrogen-bond acceptors (Lipinski definition) is 5. The summed E-state index contributed by atoms with van der Waals surface area (Å²) >= 11 is 1.57. The van der Waals surface area contributed by atoms with E-state index in [1.165, 1.54) is 5.56 Å². The van der Waals surface area contributed by atoms with Gasteiger partial charge in [0.25, 0.3) is 5.91 Å². The summed E-state index contributed by atoms with van der Waals surface area (Å²) in [7, 11) is 0. The minimum atomic E-state index is -0.513. The summed E-state index contributed by atoms with van der Waals surface area (Å²) in [6, 6.07) is 0.175. The van der Waals surface area contributed by atoms with Gasteiger partial charge in [0.15, 0.2) is 0 Å². The average molecular weight is 344 g/mol. The fraction of sp³-hybridized carbons (Fsp3) is 0.529. The predicted octanol–water partition coefficient (Wildman–Crippen LogP) is 1.92. The van der Waals surface area contributed by atoms with Crippen LogP contribution in [0.25, 0.3) is 10.4 Å². The number of anilines is 1. The number of rotatable bonds is 3. The molecule has 3 N–H and O–H groups in total. The number of amides is 1. The highest BCUT2D eigenvalue weighted by atomic mass is 32.1. The van der Waals surface area contributed by atoms with Gasteiger partial charge in [-0.05, 0) is 37.7 Å². The van der Waals surface area contributed by atoms with Gasteiger partial charge in [0.2, 0.25) is 0 Å². The van der Waals surface area contributed by atoms with Gasteiger partial charge >= 0.3 is 0 Å². The second-order valence-electron chi connectivity index (χ2n) is 7.16. The molecule has 1 atom stereocenters. The highest BCUT2D eigenvalue weighted by molar-refractivity contribution is 7.18. The third-order valence-electron chi connectivity index (χ3n) is 5.44. The van der Waals surface area contributed by atoms with E-state index in [-0.39, 0.29) is 11.9 Å². The van der Waals surface area contributed by atoms with Crippen LogP contribution in [0.4, 0.5) is 5.69 Å². The Morgan fingerprint density at radius 1 is 1.42 bits per heavy atom. The Balaban J connectivity index is 1.62. The first-order valence-electron chi connectivity index (χ1n) is 8.57. The van der Waals surface area contributed by atoms with Crippen molar-refractivity contribution in [1.29, 1.82) is 0 Å². The molecule has 3 aliphatic rings. The van der Waals surface area contributed by atoms with Crippen LogP contribution in [0.5, 0.6) is 0 Å². The molecule has 7 heteroatoms. The molecule has 0 saturated heterocycles. The molecule has 2 aliphatic heterocycles. The molecular weight excluding hydrogens is 324 g/mol. The Bertz CT molecular complexity index is 794. The summed E-state index contributed by atoms with van der Waals surface area (Å²) in [5, 5.41) is 20.4. The molecule has 6 nitrogen and oxygen atoms in total. The van der Waals surface area contributed by atoms with Crippen molar-refractivity contribution in [2.75, 3.05) is 18.0 Å². The zero-order valence-corrected chi connectivity index (χ0v) is 14.2. The third-order valence-corrected chi connectivity index (χ3v) is 6.71. The van der Waals surface area contributed by atoms with Gasteiger partial charge in [-0.1, -0.05) is 0 Å². The van der Waals surface area contributed by atoms with Crippen LogP contribution in [-0.2, 0) is 6.42 Å². The van der Waals surface area contributed by atoms with Gasteiger partial charge in [-0.3, -0.25) is 9.89 Å². The highest BCUT2D eigenvalue weighted by Crippen LogP contribution is 2.48. The molecule has 0 unspecified atom stereocenters. The van der Waals surface area contributed by atoms with Gasteiger partial charge < -0.3 is 15.3 Å². The maximum atomic E-state index is 12.6. The number of nitrogens with zero attached hydrogens (tertiary/aromatic N) is 2. The van der Waals surface area contributed by atoms with Crippen LogP contribution in [0.2, 0.25) is 0 Å². The van der Waals surface area contributed by atoms with Gasteiger partial charge in [0.1, 0.15) is 4.88 Å². The molecule has 0 radical (unpaired) electrons.